The van der Waals surface area contributed by atoms with Crippen molar-refractivity contribution in [2.45, 2.75) is 27.7 Å². The van der Waals surface area contributed by atoms with Crippen molar-refractivity contribution >= 4 is 23.2 Å². The largest absolute Gasteiger partial charge is 0.325 e. The first kappa shape index (κ1) is 17.7. The quantitative estimate of drug-likeness (QED) is 0.832. The summed E-state index contributed by atoms with van der Waals surface area (Å²) in [6.45, 7) is 6.85. The molecule has 0 radical (unpaired) electrons. The average molecular weight is 328 g/mol. The van der Waals surface area contributed by atoms with Crippen LogP contribution in [-0.2, 0) is 9.59 Å². The van der Waals surface area contributed by atoms with Gasteiger partial charge in [0.15, 0.2) is 0 Å². The summed E-state index contributed by atoms with van der Waals surface area (Å²) >= 11 is 0. The summed E-state index contributed by atoms with van der Waals surface area (Å²) in [6.07, 6.45) is 0. The Bertz CT molecular complexity index is 785. The molecule has 2 aromatic rings. The smallest absolute Gasteiger partial charge is 0.239 e. The molecule has 0 spiro atoms. The molecule has 2 rings (SSSR count). The summed E-state index contributed by atoms with van der Waals surface area (Å²) in [4.78, 5) is 25.0. The van der Waals surface area contributed by atoms with Crippen LogP contribution in [0.15, 0.2) is 42.5 Å². The maximum absolute atomic E-state index is 13.7. The molecule has 2 amide bonds. The molecule has 0 aromatic heterocycles. The van der Waals surface area contributed by atoms with Crippen LogP contribution in [0.25, 0.3) is 0 Å². The van der Waals surface area contributed by atoms with E-state index in [0.29, 0.717) is 5.69 Å². The Morgan fingerprint density at radius 3 is 2.04 bits per heavy atom. The van der Waals surface area contributed by atoms with Crippen LogP contribution in [-0.4, -0.2) is 11.8 Å². The van der Waals surface area contributed by atoms with Gasteiger partial charge in [-0.2, -0.15) is 0 Å². The molecular formula is C19H21FN2O2. The van der Waals surface area contributed by atoms with Crippen LogP contribution in [0, 0.1) is 25.1 Å². The van der Waals surface area contributed by atoms with Gasteiger partial charge in [-0.25, -0.2) is 4.39 Å². The predicted octanol–water partition coefficient (Wildman–Crippen LogP) is 4.05. The Balaban J connectivity index is 2.16. The number of amides is 2. The fourth-order valence-electron chi connectivity index (χ4n) is 2.11. The average Bonchev–Trinajstić information content (AvgIpc) is 2.53. The van der Waals surface area contributed by atoms with Crippen LogP contribution < -0.4 is 10.6 Å². The number of benzene rings is 2. The van der Waals surface area contributed by atoms with Crippen molar-refractivity contribution < 1.29 is 14.0 Å². The Morgan fingerprint density at radius 2 is 1.42 bits per heavy atom. The van der Waals surface area contributed by atoms with E-state index >= 15 is 0 Å². The second-order valence-corrected chi connectivity index (χ2v) is 6.26. The molecule has 5 heteroatoms. The molecule has 24 heavy (non-hydrogen) atoms. The third-order valence-corrected chi connectivity index (χ3v) is 4.11. The van der Waals surface area contributed by atoms with Gasteiger partial charge in [-0.1, -0.05) is 24.3 Å². The van der Waals surface area contributed by atoms with Crippen LogP contribution in [0.5, 0.6) is 0 Å². The van der Waals surface area contributed by atoms with Gasteiger partial charge in [0.2, 0.25) is 11.8 Å². The van der Waals surface area contributed by atoms with Crippen molar-refractivity contribution in [2.24, 2.45) is 5.41 Å². The summed E-state index contributed by atoms with van der Waals surface area (Å²) in [5.41, 5.74) is 1.33. The van der Waals surface area contributed by atoms with E-state index in [1.807, 2.05) is 26.0 Å². The minimum absolute atomic E-state index is 0.0510. The summed E-state index contributed by atoms with van der Waals surface area (Å²) in [7, 11) is 0. The Hall–Kier alpha value is -2.69. The normalized spacial score (nSPS) is 11.0. The van der Waals surface area contributed by atoms with Gasteiger partial charge in [-0.3, -0.25) is 9.59 Å². The zero-order valence-electron chi connectivity index (χ0n) is 14.2. The Kier molecular flexibility index (Phi) is 5.02. The molecule has 0 saturated carbocycles. The van der Waals surface area contributed by atoms with Crippen molar-refractivity contribution in [1.82, 2.24) is 0 Å². The van der Waals surface area contributed by atoms with Gasteiger partial charge in [0.05, 0.1) is 5.69 Å². The number of aryl methyl sites for hydroxylation is 1. The topological polar surface area (TPSA) is 58.2 Å². The van der Waals surface area contributed by atoms with Crippen molar-refractivity contribution in [3.63, 3.8) is 0 Å². The monoisotopic (exact) mass is 328 g/mol. The molecule has 2 aromatic carbocycles. The second kappa shape index (κ2) is 6.83. The Morgan fingerprint density at radius 1 is 0.875 bits per heavy atom. The highest BCUT2D eigenvalue weighted by molar-refractivity contribution is 6.14. The molecule has 0 saturated heterocycles. The number of rotatable bonds is 4. The molecule has 0 atom stereocenters. The minimum atomic E-state index is -1.36. The highest BCUT2D eigenvalue weighted by Crippen LogP contribution is 2.25. The van der Waals surface area contributed by atoms with E-state index in [9.17, 15) is 14.0 Å². The fraction of sp³-hybridized carbons (Fsp3) is 0.263. The van der Waals surface area contributed by atoms with E-state index in [0.717, 1.165) is 11.1 Å². The SMILES string of the molecule is Cc1cccc(NC(=O)C(C)(C)C(=O)Nc2ccccc2F)c1C. The first-order valence-electron chi connectivity index (χ1n) is 7.67. The van der Waals surface area contributed by atoms with E-state index in [1.54, 1.807) is 12.1 Å². The van der Waals surface area contributed by atoms with Crippen molar-refractivity contribution in [2.75, 3.05) is 10.6 Å². The van der Waals surface area contributed by atoms with Crippen LogP contribution in [0.3, 0.4) is 0 Å². The van der Waals surface area contributed by atoms with Gasteiger partial charge < -0.3 is 10.6 Å². The van der Waals surface area contributed by atoms with Crippen molar-refractivity contribution in [3.8, 4) is 0 Å². The number of nitrogens with one attached hydrogen (secondary N) is 2. The van der Waals surface area contributed by atoms with Crippen LogP contribution in [0.2, 0.25) is 0 Å². The van der Waals surface area contributed by atoms with Crippen LogP contribution >= 0.6 is 0 Å². The molecule has 4 nitrogen and oxygen atoms in total. The molecule has 0 fully saturated rings. The lowest BCUT2D eigenvalue weighted by atomic mass is 9.90. The standard InChI is InChI=1S/C19H21FN2O2/c1-12-8-7-11-15(13(12)2)21-17(23)19(3,4)18(24)22-16-10-6-5-9-14(16)20/h5-11H,1-4H3,(H,21,23)(H,22,24). The highest BCUT2D eigenvalue weighted by atomic mass is 19.1. The third-order valence-electron chi connectivity index (χ3n) is 4.11. The van der Waals surface area contributed by atoms with Crippen LogP contribution in [0.4, 0.5) is 15.8 Å². The second-order valence-electron chi connectivity index (χ2n) is 6.26. The number of halogens is 1. The summed E-state index contributed by atoms with van der Waals surface area (Å²) in [5.74, 6) is -1.57. The van der Waals surface area contributed by atoms with Gasteiger partial charge in [-0.05, 0) is 57.0 Å². The van der Waals surface area contributed by atoms with E-state index in [1.165, 1.54) is 32.0 Å². The van der Waals surface area contributed by atoms with Crippen molar-refractivity contribution in [3.05, 3.63) is 59.4 Å². The first-order chi connectivity index (χ1) is 11.2. The van der Waals surface area contributed by atoms with Gasteiger partial charge in [0.1, 0.15) is 11.2 Å². The maximum atomic E-state index is 13.7. The first-order valence-corrected chi connectivity index (χ1v) is 7.67. The molecule has 0 aliphatic carbocycles. The highest BCUT2D eigenvalue weighted by Gasteiger charge is 2.36. The van der Waals surface area contributed by atoms with E-state index < -0.39 is 23.0 Å². The van der Waals surface area contributed by atoms with Crippen LogP contribution in [0.1, 0.15) is 25.0 Å². The maximum Gasteiger partial charge on any atom is 0.239 e. The third kappa shape index (κ3) is 3.62. The van der Waals surface area contributed by atoms with Gasteiger partial charge in [-0.15, -0.1) is 0 Å². The van der Waals surface area contributed by atoms with E-state index in [2.05, 4.69) is 10.6 Å². The minimum Gasteiger partial charge on any atom is -0.325 e. The number of anilines is 2. The number of carbonyl (C=O) groups excluding carboxylic acids is 2. The number of para-hydroxylation sites is 1. The number of hydrogen-bond acceptors (Lipinski definition) is 2. The Labute approximate surface area is 141 Å². The van der Waals surface area contributed by atoms with Gasteiger partial charge in [0.25, 0.3) is 0 Å². The molecule has 0 heterocycles. The van der Waals surface area contributed by atoms with E-state index in [4.69, 9.17) is 0 Å². The predicted molar refractivity (Wildman–Crippen MR) is 93.4 cm³/mol. The molecule has 126 valence electrons. The van der Waals surface area contributed by atoms with Gasteiger partial charge >= 0.3 is 0 Å². The summed E-state index contributed by atoms with van der Waals surface area (Å²) in [6, 6.07) is 11.4. The lowest BCUT2D eigenvalue weighted by molar-refractivity contribution is -0.135. The number of hydrogen-bond donors (Lipinski definition) is 2. The molecule has 0 aliphatic heterocycles. The lowest BCUT2D eigenvalue weighted by Gasteiger charge is -2.23. The molecule has 0 unspecified atom stereocenters. The summed E-state index contributed by atoms with van der Waals surface area (Å²) in [5, 5.41) is 5.25. The molecular weight excluding hydrogens is 307 g/mol. The zero-order chi connectivity index (χ0) is 17.9. The zero-order valence-corrected chi connectivity index (χ0v) is 14.2. The van der Waals surface area contributed by atoms with Gasteiger partial charge in [0, 0.05) is 5.69 Å². The fourth-order valence-corrected chi connectivity index (χ4v) is 2.11. The number of carbonyl (C=O) groups is 2. The lowest BCUT2D eigenvalue weighted by Crippen LogP contribution is -2.41. The molecule has 2 N–H and O–H groups in total. The van der Waals surface area contributed by atoms with E-state index in [-0.39, 0.29) is 5.69 Å². The molecule has 0 bridgehead atoms. The molecule has 0 aliphatic rings. The van der Waals surface area contributed by atoms with Crippen molar-refractivity contribution in [1.29, 1.82) is 0 Å². The summed E-state index contributed by atoms with van der Waals surface area (Å²) < 4.78 is 13.7.